The molecule has 1 heterocycles. The van der Waals surface area contributed by atoms with Gasteiger partial charge in [0.25, 0.3) is 0 Å². The Morgan fingerprint density at radius 2 is 1.63 bits per heavy atom. The van der Waals surface area contributed by atoms with Crippen LogP contribution in [-0.2, 0) is 0 Å². The normalized spacial score (nSPS) is 13.1. The van der Waals surface area contributed by atoms with Gasteiger partial charge in [-0.1, -0.05) is 65.7 Å². The minimum Gasteiger partial charge on any atom is -0.488 e. The van der Waals surface area contributed by atoms with Gasteiger partial charge in [0, 0.05) is 12.7 Å². The molecule has 2 aromatic carbocycles. The molecule has 3 aromatic rings. The minimum atomic E-state index is -0.743. The summed E-state index contributed by atoms with van der Waals surface area (Å²) in [4.78, 5) is 4.44. The van der Waals surface area contributed by atoms with Crippen molar-refractivity contribution in [3.63, 3.8) is 0 Å². The van der Waals surface area contributed by atoms with E-state index in [0.29, 0.717) is 22.3 Å². The third-order valence-corrected chi connectivity index (χ3v) is 4.61. The SMILES string of the molecule is OC(CNC(c1ccccc1)c1ccccn1)COc1c(Cl)cccc1Cl. The number of aliphatic hydroxyl groups is 1. The highest BCUT2D eigenvalue weighted by molar-refractivity contribution is 6.37. The van der Waals surface area contributed by atoms with Crippen molar-refractivity contribution < 1.29 is 9.84 Å². The maximum atomic E-state index is 10.3. The molecule has 0 aliphatic rings. The zero-order chi connectivity index (χ0) is 19.1. The lowest BCUT2D eigenvalue weighted by Gasteiger charge is -2.21. The van der Waals surface area contributed by atoms with Gasteiger partial charge in [0.1, 0.15) is 12.7 Å². The van der Waals surface area contributed by atoms with E-state index in [1.54, 1.807) is 24.4 Å². The Bertz CT molecular complexity index is 788. The van der Waals surface area contributed by atoms with E-state index in [1.165, 1.54) is 0 Å². The number of pyridine rings is 1. The number of para-hydroxylation sites is 1. The quantitative estimate of drug-likeness (QED) is 0.581. The second-order valence-electron chi connectivity index (χ2n) is 6.02. The predicted octanol–water partition coefficient (Wildman–Crippen LogP) is 4.51. The number of nitrogens with one attached hydrogen (secondary N) is 1. The van der Waals surface area contributed by atoms with Crippen LogP contribution < -0.4 is 10.1 Å². The number of hydrogen-bond acceptors (Lipinski definition) is 4. The number of aliphatic hydroxyl groups excluding tert-OH is 1. The first-order valence-electron chi connectivity index (χ1n) is 8.59. The summed E-state index contributed by atoms with van der Waals surface area (Å²) >= 11 is 12.2. The number of ether oxygens (including phenoxy) is 1. The summed E-state index contributed by atoms with van der Waals surface area (Å²) in [6, 6.07) is 20.8. The largest absolute Gasteiger partial charge is 0.488 e. The van der Waals surface area contributed by atoms with Crippen LogP contribution in [-0.4, -0.2) is 29.3 Å². The van der Waals surface area contributed by atoms with Crippen LogP contribution in [0.15, 0.2) is 72.9 Å². The van der Waals surface area contributed by atoms with Crippen LogP contribution in [0.4, 0.5) is 0 Å². The van der Waals surface area contributed by atoms with Crippen LogP contribution >= 0.6 is 23.2 Å². The molecule has 1 aromatic heterocycles. The Kier molecular flexibility index (Phi) is 7.07. The van der Waals surface area contributed by atoms with Crippen molar-refractivity contribution in [2.45, 2.75) is 12.1 Å². The molecule has 2 atom stereocenters. The van der Waals surface area contributed by atoms with E-state index in [4.69, 9.17) is 27.9 Å². The first-order valence-corrected chi connectivity index (χ1v) is 9.35. The summed E-state index contributed by atoms with van der Waals surface area (Å²) in [7, 11) is 0. The molecule has 0 aliphatic heterocycles. The lowest BCUT2D eigenvalue weighted by Crippen LogP contribution is -2.34. The van der Waals surface area contributed by atoms with Crippen molar-refractivity contribution in [2.24, 2.45) is 0 Å². The highest BCUT2D eigenvalue weighted by Crippen LogP contribution is 2.32. The molecule has 140 valence electrons. The molecule has 3 rings (SSSR count). The van der Waals surface area contributed by atoms with Gasteiger partial charge in [-0.25, -0.2) is 0 Å². The fourth-order valence-electron chi connectivity index (χ4n) is 2.70. The molecule has 0 saturated heterocycles. The van der Waals surface area contributed by atoms with E-state index in [-0.39, 0.29) is 12.6 Å². The van der Waals surface area contributed by atoms with Crippen LogP contribution in [0.25, 0.3) is 0 Å². The van der Waals surface area contributed by atoms with Gasteiger partial charge in [0.05, 0.1) is 21.8 Å². The molecule has 0 saturated carbocycles. The predicted molar refractivity (Wildman–Crippen MR) is 108 cm³/mol. The van der Waals surface area contributed by atoms with Gasteiger partial charge in [-0.3, -0.25) is 4.98 Å². The zero-order valence-corrected chi connectivity index (χ0v) is 16.1. The molecule has 0 radical (unpaired) electrons. The molecule has 0 amide bonds. The average Bonchev–Trinajstić information content (AvgIpc) is 2.69. The highest BCUT2D eigenvalue weighted by Gasteiger charge is 2.17. The van der Waals surface area contributed by atoms with Gasteiger partial charge in [0.2, 0.25) is 0 Å². The van der Waals surface area contributed by atoms with Gasteiger partial charge in [-0.05, 0) is 29.8 Å². The molecule has 6 heteroatoms. The molecule has 27 heavy (non-hydrogen) atoms. The molecular weight excluding hydrogens is 383 g/mol. The van der Waals surface area contributed by atoms with E-state index < -0.39 is 6.10 Å². The van der Waals surface area contributed by atoms with E-state index in [1.807, 2.05) is 48.5 Å². The lowest BCUT2D eigenvalue weighted by atomic mass is 10.0. The van der Waals surface area contributed by atoms with Gasteiger partial charge >= 0.3 is 0 Å². The maximum Gasteiger partial charge on any atom is 0.156 e. The van der Waals surface area contributed by atoms with Crippen LogP contribution in [0.3, 0.4) is 0 Å². The Morgan fingerprint density at radius 1 is 0.926 bits per heavy atom. The molecule has 2 N–H and O–H groups in total. The maximum absolute atomic E-state index is 10.3. The summed E-state index contributed by atoms with van der Waals surface area (Å²) in [5, 5.41) is 14.5. The van der Waals surface area contributed by atoms with E-state index in [9.17, 15) is 5.11 Å². The second kappa shape index (κ2) is 9.72. The number of aromatic nitrogens is 1. The number of nitrogens with zero attached hydrogens (tertiary/aromatic N) is 1. The van der Waals surface area contributed by atoms with Crippen LogP contribution in [0, 0.1) is 0 Å². The van der Waals surface area contributed by atoms with Gasteiger partial charge in [-0.2, -0.15) is 0 Å². The fourth-order valence-corrected chi connectivity index (χ4v) is 3.20. The van der Waals surface area contributed by atoms with Crippen molar-refractivity contribution in [1.29, 1.82) is 0 Å². The Hall–Kier alpha value is -2.11. The van der Waals surface area contributed by atoms with Crippen molar-refractivity contribution >= 4 is 23.2 Å². The molecule has 2 unspecified atom stereocenters. The van der Waals surface area contributed by atoms with Crippen molar-refractivity contribution in [3.05, 3.63) is 94.2 Å². The van der Waals surface area contributed by atoms with Gasteiger partial charge < -0.3 is 15.2 Å². The molecule has 0 aliphatic carbocycles. The monoisotopic (exact) mass is 402 g/mol. The number of hydrogen-bond donors (Lipinski definition) is 2. The first-order chi connectivity index (χ1) is 13.1. The third-order valence-electron chi connectivity index (χ3n) is 4.01. The topological polar surface area (TPSA) is 54.4 Å². The molecule has 4 nitrogen and oxygen atoms in total. The zero-order valence-electron chi connectivity index (χ0n) is 14.6. The highest BCUT2D eigenvalue weighted by atomic mass is 35.5. The fraction of sp³-hybridized carbons (Fsp3) is 0.190. The lowest BCUT2D eigenvalue weighted by molar-refractivity contribution is 0.105. The standard InChI is InChI=1S/C21H20Cl2N2O2/c22-17-9-6-10-18(23)21(17)27-14-16(26)13-25-20(15-7-2-1-3-8-15)19-11-4-5-12-24-19/h1-12,16,20,25-26H,13-14H2. The first kappa shape index (κ1) is 19.6. The minimum absolute atomic E-state index is 0.0696. The Labute approximate surface area is 168 Å². The third kappa shape index (κ3) is 5.44. The molecule has 0 bridgehead atoms. The van der Waals surface area contributed by atoms with Gasteiger partial charge in [0.15, 0.2) is 5.75 Å². The van der Waals surface area contributed by atoms with Gasteiger partial charge in [-0.15, -0.1) is 0 Å². The summed E-state index contributed by atoms with van der Waals surface area (Å²) < 4.78 is 5.60. The summed E-state index contributed by atoms with van der Waals surface area (Å²) in [5.41, 5.74) is 1.95. The summed E-state index contributed by atoms with van der Waals surface area (Å²) in [6.07, 6.45) is 1.01. The van der Waals surface area contributed by atoms with E-state index in [0.717, 1.165) is 11.3 Å². The molecule has 0 spiro atoms. The second-order valence-corrected chi connectivity index (χ2v) is 6.84. The molecular formula is C21H20Cl2N2O2. The Balaban J connectivity index is 1.63. The Morgan fingerprint density at radius 3 is 2.30 bits per heavy atom. The smallest absolute Gasteiger partial charge is 0.156 e. The van der Waals surface area contributed by atoms with E-state index >= 15 is 0 Å². The van der Waals surface area contributed by atoms with Crippen LogP contribution in [0.2, 0.25) is 10.0 Å². The van der Waals surface area contributed by atoms with Crippen molar-refractivity contribution in [2.75, 3.05) is 13.2 Å². The summed E-state index contributed by atoms with van der Waals surface area (Å²) in [6.45, 7) is 0.387. The number of rotatable bonds is 8. The average molecular weight is 403 g/mol. The van der Waals surface area contributed by atoms with Crippen LogP contribution in [0.5, 0.6) is 5.75 Å². The van der Waals surface area contributed by atoms with Crippen molar-refractivity contribution in [3.8, 4) is 5.75 Å². The van der Waals surface area contributed by atoms with Crippen molar-refractivity contribution in [1.82, 2.24) is 10.3 Å². The van der Waals surface area contributed by atoms with Crippen LogP contribution in [0.1, 0.15) is 17.3 Å². The summed E-state index contributed by atoms with van der Waals surface area (Å²) in [5.74, 6) is 0.379. The number of halogens is 2. The number of benzene rings is 2. The van der Waals surface area contributed by atoms with E-state index in [2.05, 4.69) is 10.3 Å². The molecule has 0 fully saturated rings.